The minimum Gasteiger partial charge on any atom is -0.494 e. The number of nitrogens with one attached hydrogen (secondary N) is 1. The highest BCUT2D eigenvalue weighted by atomic mass is 19.1. The van der Waals surface area contributed by atoms with Crippen molar-refractivity contribution in [2.75, 3.05) is 34.3 Å². The molecule has 0 aliphatic carbocycles. The van der Waals surface area contributed by atoms with Crippen molar-refractivity contribution in [1.29, 1.82) is 0 Å². The molecule has 3 nitrogen and oxygen atoms in total. The molecule has 0 radical (unpaired) electrons. The van der Waals surface area contributed by atoms with Crippen LogP contribution in [0.5, 0.6) is 5.75 Å². The lowest BCUT2D eigenvalue weighted by molar-refractivity contribution is 0.171. The molecule has 0 heterocycles. The van der Waals surface area contributed by atoms with Gasteiger partial charge in [-0.25, -0.2) is 4.39 Å². The summed E-state index contributed by atoms with van der Waals surface area (Å²) in [5.41, 5.74) is 1.21. The van der Waals surface area contributed by atoms with Crippen LogP contribution in [0, 0.1) is 11.2 Å². The second kappa shape index (κ2) is 8.35. The zero-order chi connectivity index (χ0) is 15.9. The molecule has 120 valence electrons. The van der Waals surface area contributed by atoms with Gasteiger partial charge in [-0.2, -0.15) is 0 Å². The zero-order valence-corrected chi connectivity index (χ0v) is 14.0. The van der Waals surface area contributed by atoms with Gasteiger partial charge in [0.1, 0.15) is 0 Å². The van der Waals surface area contributed by atoms with Gasteiger partial charge < -0.3 is 15.0 Å². The molecule has 1 aromatic rings. The van der Waals surface area contributed by atoms with Crippen molar-refractivity contribution in [3.05, 3.63) is 29.6 Å². The van der Waals surface area contributed by atoms with Crippen LogP contribution in [0.25, 0.3) is 0 Å². The Labute approximate surface area is 128 Å². The molecule has 1 N–H and O–H groups in total. The van der Waals surface area contributed by atoms with Crippen LogP contribution >= 0.6 is 0 Å². The summed E-state index contributed by atoms with van der Waals surface area (Å²) in [6, 6.07) is 5.18. The van der Waals surface area contributed by atoms with Crippen LogP contribution in [0.3, 0.4) is 0 Å². The molecule has 0 aliphatic rings. The van der Waals surface area contributed by atoms with E-state index in [1.54, 1.807) is 12.1 Å². The largest absolute Gasteiger partial charge is 0.494 e. The number of hydrogen-bond acceptors (Lipinski definition) is 3. The molecule has 0 saturated carbocycles. The third-order valence-electron chi connectivity index (χ3n) is 3.78. The van der Waals surface area contributed by atoms with Crippen LogP contribution in [-0.2, 0) is 6.54 Å². The zero-order valence-electron chi connectivity index (χ0n) is 14.0. The van der Waals surface area contributed by atoms with Crippen molar-refractivity contribution in [3.63, 3.8) is 0 Å². The van der Waals surface area contributed by atoms with Crippen LogP contribution in [-0.4, -0.2) is 39.2 Å². The summed E-state index contributed by atoms with van der Waals surface area (Å²) >= 11 is 0. The van der Waals surface area contributed by atoms with Gasteiger partial charge in [0.15, 0.2) is 11.6 Å². The molecule has 21 heavy (non-hydrogen) atoms. The Morgan fingerprint density at radius 2 is 2.10 bits per heavy atom. The van der Waals surface area contributed by atoms with Gasteiger partial charge in [0.25, 0.3) is 0 Å². The Bertz CT molecular complexity index is 431. The molecule has 1 unspecified atom stereocenters. The average Bonchev–Trinajstić information content (AvgIpc) is 2.38. The Morgan fingerprint density at radius 3 is 2.62 bits per heavy atom. The maximum absolute atomic E-state index is 13.7. The predicted molar refractivity (Wildman–Crippen MR) is 86.2 cm³/mol. The number of methoxy groups -OCH3 is 1. The number of rotatable bonds is 9. The average molecular weight is 296 g/mol. The van der Waals surface area contributed by atoms with Crippen molar-refractivity contribution in [1.82, 2.24) is 10.2 Å². The van der Waals surface area contributed by atoms with E-state index in [-0.39, 0.29) is 11.2 Å². The van der Waals surface area contributed by atoms with E-state index in [9.17, 15) is 4.39 Å². The lowest BCUT2D eigenvalue weighted by Crippen LogP contribution is -2.39. The fraction of sp³-hybridized carbons (Fsp3) is 0.647. The lowest BCUT2D eigenvalue weighted by atomic mass is 9.85. The summed E-state index contributed by atoms with van der Waals surface area (Å²) in [6.45, 7) is 7.23. The Kier molecular flexibility index (Phi) is 7.12. The summed E-state index contributed by atoms with van der Waals surface area (Å²) in [5.74, 6) is 0.00218. The fourth-order valence-electron chi connectivity index (χ4n) is 3.08. The maximum Gasteiger partial charge on any atom is 0.165 e. The second-order valence-electron chi connectivity index (χ2n) is 6.23. The molecule has 1 rings (SSSR count). The minimum atomic E-state index is -0.296. The molecule has 4 heteroatoms. The van der Waals surface area contributed by atoms with Gasteiger partial charge in [-0.3, -0.25) is 0 Å². The standard InChI is InChI=1S/C17H29FN2O/c1-6-9-17(2,12-19-3)13-20(4)11-14-7-8-16(21-5)15(18)10-14/h7-8,10,19H,6,9,11-13H2,1-5H3. The van der Waals surface area contributed by atoms with Crippen LogP contribution < -0.4 is 10.1 Å². The smallest absolute Gasteiger partial charge is 0.165 e. The van der Waals surface area contributed by atoms with Gasteiger partial charge in [0, 0.05) is 19.6 Å². The van der Waals surface area contributed by atoms with E-state index in [0.717, 1.165) is 25.2 Å². The minimum absolute atomic E-state index is 0.239. The van der Waals surface area contributed by atoms with Crippen molar-refractivity contribution >= 4 is 0 Å². The van der Waals surface area contributed by atoms with Crippen molar-refractivity contribution in [2.45, 2.75) is 33.2 Å². The Hall–Kier alpha value is -1.13. The predicted octanol–water partition coefficient (Wildman–Crippen LogP) is 3.29. The monoisotopic (exact) mass is 296 g/mol. The third kappa shape index (κ3) is 5.64. The quantitative estimate of drug-likeness (QED) is 0.757. The molecule has 0 spiro atoms. The van der Waals surface area contributed by atoms with Gasteiger partial charge >= 0.3 is 0 Å². The molecule has 0 fully saturated rings. The van der Waals surface area contributed by atoms with Crippen molar-refractivity contribution in [3.8, 4) is 5.75 Å². The molecular weight excluding hydrogens is 267 g/mol. The Balaban J connectivity index is 2.67. The number of ether oxygens (including phenoxy) is 1. The highest BCUT2D eigenvalue weighted by Crippen LogP contribution is 2.25. The number of halogens is 1. The maximum atomic E-state index is 13.7. The summed E-state index contributed by atoms with van der Waals surface area (Å²) in [4.78, 5) is 2.26. The van der Waals surface area contributed by atoms with E-state index in [1.807, 2.05) is 13.1 Å². The van der Waals surface area contributed by atoms with Gasteiger partial charge in [-0.05, 0) is 43.6 Å². The van der Waals surface area contributed by atoms with Gasteiger partial charge in [-0.15, -0.1) is 0 Å². The first-order chi connectivity index (χ1) is 9.94. The Morgan fingerprint density at radius 1 is 1.38 bits per heavy atom. The van der Waals surface area contributed by atoms with Crippen LogP contribution in [0.1, 0.15) is 32.3 Å². The molecular formula is C17H29FN2O. The van der Waals surface area contributed by atoms with E-state index in [4.69, 9.17) is 4.74 Å². The van der Waals surface area contributed by atoms with E-state index in [1.165, 1.54) is 20.0 Å². The molecule has 0 bridgehead atoms. The van der Waals surface area contributed by atoms with Crippen molar-refractivity contribution < 1.29 is 9.13 Å². The summed E-state index contributed by atoms with van der Waals surface area (Å²) in [6.07, 6.45) is 2.35. The summed E-state index contributed by atoms with van der Waals surface area (Å²) < 4.78 is 18.7. The first-order valence-electron chi connectivity index (χ1n) is 7.59. The molecule has 0 aromatic heterocycles. The molecule has 1 aromatic carbocycles. The SMILES string of the molecule is CCCC(C)(CNC)CN(C)Cc1ccc(OC)c(F)c1. The van der Waals surface area contributed by atoms with E-state index < -0.39 is 0 Å². The molecule has 0 aliphatic heterocycles. The van der Waals surface area contributed by atoms with E-state index in [0.29, 0.717) is 5.75 Å². The summed E-state index contributed by atoms with van der Waals surface area (Å²) in [7, 11) is 5.57. The highest BCUT2D eigenvalue weighted by molar-refractivity contribution is 5.29. The van der Waals surface area contributed by atoms with Gasteiger partial charge in [0.2, 0.25) is 0 Å². The first-order valence-corrected chi connectivity index (χ1v) is 7.59. The summed E-state index contributed by atoms with van der Waals surface area (Å²) in [5, 5.41) is 3.28. The number of nitrogens with zero attached hydrogens (tertiary/aromatic N) is 1. The highest BCUT2D eigenvalue weighted by Gasteiger charge is 2.24. The normalized spacial score (nSPS) is 14.2. The molecule has 0 saturated heterocycles. The van der Waals surface area contributed by atoms with Gasteiger partial charge in [0.05, 0.1) is 7.11 Å². The molecule has 1 atom stereocenters. The van der Waals surface area contributed by atoms with Crippen LogP contribution in [0.2, 0.25) is 0 Å². The molecule has 0 amide bonds. The van der Waals surface area contributed by atoms with Crippen molar-refractivity contribution in [2.24, 2.45) is 5.41 Å². The lowest BCUT2D eigenvalue weighted by Gasteiger charge is -2.33. The van der Waals surface area contributed by atoms with Crippen LogP contribution in [0.15, 0.2) is 18.2 Å². The van der Waals surface area contributed by atoms with E-state index >= 15 is 0 Å². The van der Waals surface area contributed by atoms with Gasteiger partial charge in [-0.1, -0.05) is 26.3 Å². The second-order valence-corrected chi connectivity index (χ2v) is 6.23. The van der Waals surface area contributed by atoms with E-state index in [2.05, 4.69) is 31.1 Å². The number of benzene rings is 1. The topological polar surface area (TPSA) is 24.5 Å². The van der Waals surface area contributed by atoms with Crippen LogP contribution in [0.4, 0.5) is 4.39 Å². The number of hydrogen-bond donors (Lipinski definition) is 1. The first kappa shape index (κ1) is 17.9. The third-order valence-corrected chi connectivity index (χ3v) is 3.78. The fourth-order valence-corrected chi connectivity index (χ4v) is 3.08.